The fourth-order valence-electron chi connectivity index (χ4n) is 1.52. The molecule has 0 aromatic carbocycles. The minimum absolute atomic E-state index is 0.0646. The van der Waals surface area contributed by atoms with E-state index in [1.54, 1.807) is 0 Å². The number of alkyl halides is 1. The Morgan fingerprint density at radius 3 is 3.00 bits per heavy atom. The minimum Gasteiger partial charge on any atom is -0.417 e. The predicted octanol–water partition coefficient (Wildman–Crippen LogP) is 0.152. The van der Waals surface area contributed by atoms with E-state index in [0.717, 1.165) is 4.90 Å². The summed E-state index contributed by atoms with van der Waals surface area (Å²) in [6.07, 6.45) is -1.82. The third kappa shape index (κ3) is 3.30. The van der Waals surface area contributed by atoms with Gasteiger partial charge < -0.3 is 14.7 Å². The second-order valence-corrected chi connectivity index (χ2v) is 3.52. The normalized spacial score (nSPS) is 22.6. The summed E-state index contributed by atoms with van der Waals surface area (Å²) in [4.78, 5) is 22.5. The highest BCUT2D eigenvalue weighted by atomic mass is 19.1. The van der Waals surface area contributed by atoms with Crippen molar-refractivity contribution in [3.05, 3.63) is 10.1 Å². The molecule has 1 amide bonds. The molecule has 1 aliphatic rings. The zero-order chi connectivity index (χ0) is 12.1. The average molecular weight is 236 g/mol. The maximum atomic E-state index is 11.9. The number of carbonyl (C=O) groups excluding carboxylic acids is 1. The molecule has 0 radical (unpaired) electrons. The van der Waals surface area contributed by atoms with Crippen LogP contribution < -0.4 is 0 Å². The Kier molecular flexibility index (Phi) is 4.41. The summed E-state index contributed by atoms with van der Waals surface area (Å²) in [5, 5.41) is 19.3. The highest BCUT2D eigenvalue weighted by molar-refractivity contribution is 5.67. The number of halogens is 1. The Morgan fingerprint density at radius 1 is 1.75 bits per heavy atom. The lowest BCUT2D eigenvalue weighted by atomic mass is 10.1. The fourth-order valence-corrected chi connectivity index (χ4v) is 1.52. The molecular formula is C8H13FN2O5. The zero-order valence-corrected chi connectivity index (χ0v) is 8.54. The van der Waals surface area contributed by atoms with Crippen molar-refractivity contribution in [3.8, 4) is 0 Å². The minimum atomic E-state index is -1.80. The van der Waals surface area contributed by atoms with Gasteiger partial charge in [0.15, 0.2) is 6.67 Å². The van der Waals surface area contributed by atoms with Crippen molar-refractivity contribution in [1.82, 2.24) is 4.90 Å². The van der Waals surface area contributed by atoms with Crippen molar-refractivity contribution in [2.45, 2.75) is 25.2 Å². The van der Waals surface area contributed by atoms with Crippen molar-refractivity contribution in [2.24, 2.45) is 0 Å². The van der Waals surface area contributed by atoms with Gasteiger partial charge in [-0.15, -0.1) is 0 Å². The molecule has 1 rings (SSSR count). The molecule has 1 heterocycles. The number of likely N-dealkylation sites (tertiary alicyclic amines) is 1. The molecule has 0 aromatic heterocycles. The molecule has 0 bridgehead atoms. The number of hydrogen-bond donors (Lipinski definition) is 1. The molecule has 0 spiro atoms. The van der Waals surface area contributed by atoms with Crippen LogP contribution in [0.4, 0.5) is 9.18 Å². The number of rotatable bonds is 3. The molecule has 1 fully saturated rings. The highest BCUT2D eigenvalue weighted by Gasteiger charge is 2.32. The summed E-state index contributed by atoms with van der Waals surface area (Å²) < 4.78 is 16.2. The third-order valence-corrected chi connectivity index (χ3v) is 2.32. The van der Waals surface area contributed by atoms with E-state index in [-0.39, 0.29) is 6.54 Å². The number of nitro groups is 1. The molecule has 1 N–H and O–H groups in total. The van der Waals surface area contributed by atoms with Gasteiger partial charge in [-0.2, -0.15) is 0 Å². The second kappa shape index (κ2) is 5.59. The van der Waals surface area contributed by atoms with E-state index < -0.39 is 30.0 Å². The van der Waals surface area contributed by atoms with E-state index in [0.29, 0.717) is 19.4 Å². The van der Waals surface area contributed by atoms with Crippen LogP contribution in [0.1, 0.15) is 12.8 Å². The van der Waals surface area contributed by atoms with Gasteiger partial charge in [0.25, 0.3) is 0 Å². The number of nitrogens with zero attached hydrogens (tertiary/aromatic N) is 2. The van der Waals surface area contributed by atoms with Crippen LogP contribution in [0.15, 0.2) is 0 Å². The molecule has 2 unspecified atom stereocenters. The van der Waals surface area contributed by atoms with Gasteiger partial charge in [-0.1, -0.05) is 0 Å². The lowest BCUT2D eigenvalue weighted by Gasteiger charge is -2.28. The van der Waals surface area contributed by atoms with Crippen molar-refractivity contribution >= 4 is 6.09 Å². The molecule has 92 valence electrons. The number of ether oxygens (including phenoxy) is 1. The van der Waals surface area contributed by atoms with E-state index in [2.05, 4.69) is 4.74 Å². The van der Waals surface area contributed by atoms with Gasteiger partial charge in [0.1, 0.15) is 0 Å². The molecule has 2 atom stereocenters. The van der Waals surface area contributed by atoms with Gasteiger partial charge in [0.05, 0.1) is 6.54 Å². The average Bonchev–Trinajstić information content (AvgIpc) is 2.28. The van der Waals surface area contributed by atoms with Gasteiger partial charge in [-0.25, -0.2) is 9.18 Å². The van der Waals surface area contributed by atoms with Crippen molar-refractivity contribution in [2.75, 3.05) is 19.8 Å². The summed E-state index contributed by atoms with van der Waals surface area (Å²) in [6.45, 7) is -0.939. The van der Waals surface area contributed by atoms with Crippen molar-refractivity contribution in [1.29, 1.82) is 0 Å². The molecule has 0 aromatic rings. The molecule has 16 heavy (non-hydrogen) atoms. The van der Waals surface area contributed by atoms with Crippen LogP contribution in [-0.2, 0) is 4.74 Å². The van der Waals surface area contributed by atoms with Gasteiger partial charge in [-0.05, 0) is 6.42 Å². The smallest absolute Gasteiger partial charge is 0.412 e. The monoisotopic (exact) mass is 236 g/mol. The van der Waals surface area contributed by atoms with Crippen LogP contribution in [0.2, 0.25) is 0 Å². The predicted molar refractivity (Wildman–Crippen MR) is 50.1 cm³/mol. The van der Waals surface area contributed by atoms with E-state index in [1.165, 1.54) is 0 Å². The van der Waals surface area contributed by atoms with E-state index in [9.17, 15) is 19.3 Å². The molecule has 1 saturated heterocycles. The number of aliphatic hydroxyl groups is 1. The van der Waals surface area contributed by atoms with Crippen LogP contribution in [-0.4, -0.2) is 53.1 Å². The zero-order valence-electron chi connectivity index (χ0n) is 8.54. The first-order chi connectivity index (χ1) is 7.54. The Morgan fingerprint density at radius 2 is 2.44 bits per heavy atom. The largest absolute Gasteiger partial charge is 0.417 e. The Hall–Kier alpha value is -1.44. The van der Waals surface area contributed by atoms with Gasteiger partial charge in [-0.3, -0.25) is 10.1 Å². The summed E-state index contributed by atoms with van der Waals surface area (Å²) in [7, 11) is 0. The fraction of sp³-hybridized carbons (Fsp3) is 0.875. The molecule has 7 nitrogen and oxygen atoms in total. The SMILES string of the molecule is O=C(OC(O)CF)N1CCCC([N+](=O)[O-])C1. The number of aliphatic hydroxyl groups excluding tert-OH is 1. The third-order valence-electron chi connectivity index (χ3n) is 2.32. The van der Waals surface area contributed by atoms with Crippen LogP contribution in [0, 0.1) is 10.1 Å². The topological polar surface area (TPSA) is 92.9 Å². The molecule has 1 aliphatic heterocycles. The quantitative estimate of drug-likeness (QED) is 0.427. The Labute approximate surface area is 90.9 Å². The number of amides is 1. The highest BCUT2D eigenvalue weighted by Crippen LogP contribution is 2.13. The number of carbonyl (C=O) groups is 1. The van der Waals surface area contributed by atoms with E-state index in [4.69, 9.17) is 5.11 Å². The van der Waals surface area contributed by atoms with Gasteiger partial charge in [0, 0.05) is 17.9 Å². The standard InChI is InChI=1S/C8H13FN2O5/c9-4-7(12)16-8(13)10-3-1-2-6(5-10)11(14)15/h6-7,12H,1-5H2. The summed E-state index contributed by atoms with van der Waals surface area (Å²) >= 11 is 0. The lowest BCUT2D eigenvalue weighted by molar-refractivity contribution is -0.525. The number of hydrogen-bond acceptors (Lipinski definition) is 5. The number of piperidine rings is 1. The van der Waals surface area contributed by atoms with Crippen LogP contribution >= 0.6 is 0 Å². The summed E-state index contributed by atoms with van der Waals surface area (Å²) in [6, 6.07) is -0.816. The van der Waals surface area contributed by atoms with E-state index >= 15 is 0 Å². The first kappa shape index (κ1) is 12.6. The Bertz CT molecular complexity index is 275. The van der Waals surface area contributed by atoms with Crippen molar-refractivity contribution in [3.63, 3.8) is 0 Å². The molecular weight excluding hydrogens is 223 g/mol. The molecule has 8 heteroatoms. The first-order valence-corrected chi connectivity index (χ1v) is 4.87. The second-order valence-electron chi connectivity index (χ2n) is 3.52. The van der Waals surface area contributed by atoms with Crippen LogP contribution in [0.25, 0.3) is 0 Å². The maximum absolute atomic E-state index is 11.9. The van der Waals surface area contributed by atoms with Crippen LogP contribution in [0.5, 0.6) is 0 Å². The maximum Gasteiger partial charge on any atom is 0.412 e. The van der Waals surface area contributed by atoms with E-state index in [1.807, 2.05) is 0 Å². The molecule has 0 saturated carbocycles. The first-order valence-electron chi connectivity index (χ1n) is 4.87. The summed E-state index contributed by atoms with van der Waals surface area (Å²) in [5.74, 6) is 0. The Balaban J connectivity index is 2.47. The van der Waals surface area contributed by atoms with Crippen LogP contribution in [0.3, 0.4) is 0 Å². The van der Waals surface area contributed by atoms with Gasteiger partial charge in [0.2, 0.25) is 12.3 Å². The molecule has 0 aliphatic carbocycles. The van der Waals surface area contributed by atoms with Gasteiger partial charge >= 0.3 is 6.09 Å². The summed E-state index contributed by atoms with van der Waals surface area (Å²) in [5.41, 5.74) is 0. The lowest BCUT2D eigenvalue weighted by Crippen LogP contribution is -2.46. The van der Waals surface area contributed by atoms with Crippen molar-refractivity contribution < 1.29 is 24.0 Å².